The van der Waals surface area contributed by atoms with Crippen LogP contribution in [0.5, 0.6) is 11.5 Å². The number of rotatable bonds is 6. The lowest BCUT2D eigenvalue weighted by Crippen LogP contribution is -2.35. The molecule has 1 saturated heterocycles. The third-order valence-corrected chi connectivity index (χ3v) is 3.76. The molecule has 1 aromatic carbocycles. The highest BCUT2D eigenvalue weighted by atomic mass is 16.5. The predicted molar refractivity (Wildman–Crippen MR) is 78.5 cm³/mol. The maximum atomic E-state index is 12.1. The first-order chi connectivity index (χ1) is 10.1. The molecule has 2 unspecified atom stereocenters. The predicted octanol–water partition coefficient (Wildman–Crippen LogP) is 0.951. The largest absolute Gasteiger partial charge is 0.493 e. The van der Waals surface area contributed by atoms with Crippen LogP contribution < -0.4 is 15.2 Å². The second kappa shape index (κ2) is 6.78. The van der Waals surface area contributed by atoms with Gasteiger partial charge in [-0.05, 0) is 6.07 Å². The first-order valence-corrected chi connectivity index (χ1v) is 6.88. The van der Waals surface area contributed by atoms with Crippen molar-refractivity contribution in [2.45, 2.75) is 18.5 Å². The number of nitrogens with two attached hydrogens (primary N) is 1. The lowest BCUT2D eigenvalue weighted by atomic mass is 9.99. The Balaban J connectivity index is 2.40. The summed E-state index contributed by atoms with van der Waals surface area (Å²) >= 11 is 0. The summed E-state index contributed by atoms with van der Waals surface area (Å²) in [7, 11) is 4.79. The van der Waals surface area contributed by atoms with Gasteiger partial charge in [0.15, 0.2) is 11.5 Å². The van der Waals surface area contributed by atoms with Gasteiger partial charge in [0.2, 0.25) is 5.91 Å². The Morgan fingerprint density at radius 2 is 2.05 bits per heavy atom. The molecule has 1 heterocycles. The van der Waals surface area contributed by atoms with Crippen molar-refractivity contribution in [3.8, 4) is 11.5 Å². The summed E-state index contributed by atoms with van der Waals surface area (Å²) < 4.78 is 15.9. The number of nitrogens with zero attached hydrogens (tertiary/aromatic N) is 1. The van der Waals surface area contributed by atoms with E-state index < -0.39 is 0 Å². The van der Waals surface area contributed by atoms with Crippen LogP contribution in [0.3, 0.4) is 0 Å². The number of benzene rings is 1. The van der Waals surface area contributed by atoms with Gasteiger partial charge in [0.05, 0.1) is 26.9 Å². The Morgan fingerprint density at radius 3 is 2.67 bits per heavy atom. The molecule has 2 atom stereocenters. The number of carbonyl (C=O) groups is 1. The highest BCUT2D eigenvalue weighted by Gasteiger charge is 2.40. The molecule has 0 radical (unpaired) electrons. The number of para-hydroxylation sites is 1. The van der Waals surface area contributed by atoms with E-state index in [0.717, 1.165) is 5.56 Å². The summed E-state index contributed by atoms with van der Waals surface area (Å²) in [4.78, 5) is 13.9. The lowest BCUT2D eigenvalue weighted by molar-refractivity contribution is -0.129. The van der Waals surface area contributed by atoms with Crippen molar-refractivity contribution in [2.75, 3.05) is 34.5 Å². The van der Waals surface area contributed by atoms with Gasteiger partial charge in [0.25, 0.3) is 0 Å². The van der Waals surface area contributed by atoms with Crippen molar-refractivity contribution < 1.29 is 19.0 Å². The summed E-state index contributed by atoms with van der Waals surface area (Å²) in [5.41, 5.74) is 7.05. The Hall–Kier alpha value is -1.79. The van der Waals surface area contributed by atoms with Crippen LogP contribution in [-0.2, 0) is 9.53 Å². The summed E-state index contributed by atoms with van der Waals surface area (Å²) in [5, 5.41) is 0. The van der Waals surface area contributed by atoms with Gasteiger partial charge in [0, 0.05) is 31.7 Å². The van der Waals surface area contributed by atoms with E-state index in [0.29, 0.717) is 31.1 Å². The molecule has 0 saturated carbocycles. The molecule has 2 rings (SSSR count). The van der Waals surface area contributed by atoms with Crippen LogP contribution in [0.25, 0.3) is 0 Å². The number of hydrogen-bond donors (Lipinski definition) is 1. The smallest absolute Gasteiger partial charge is 0.224 e. The number of ether oxygens (including phenoxy) is 3. The molecule has 1 aliphatic heterocycles. The third-order valence-electron chi connectivity index (χ3n) is 3.76. The first-order valence-electron chi connectivity index (χ1n) is 6.88. The van der Waals surface area contributed by atoms with E-state index in [9.17, 15) is 4.79 Å². The van der Waals surface area contributed by atoms with Crippen molar-refractivity contribution in [3.05, 3.63) is 23.8 Å². The zero-order valence-electron chi connectivity index (χ0n) is 12.7. The Bertz CT molecular complexity index is 506. The van der Waals surface area contributed by atoms with E-state index in [2.05, 4.69) is 0 Å². The van der Waals surface area contributed by atoms with E-state index in [4.69, 9.17) is 19.9 Å². The highest BCUT2D eigenvalue weighted by molar-refractivity contribution is 5.80. The fraction of sp³-hybridized carbons (Fsp3) is 0.533. The van der Waals surface area contributed by atoms with Gasteiger partial charge in [-0.25, -0.2) is 0 Å². The van der Waals surface area contributed by atoms with E-state index in [-0.39, 0.29) is 18.0 Å². The topological polar surface area (TPSA) is 74.0 Å². The summed E-state index contributed by atoms with van der Waals surface area (Å²) in [5.74, 6) is 1.29. The van der Waals surface area contributed by atoms with Gasteiger partial charge >= 0.3 is 0 Å². The molecular weight excluding hydrogens is 272 g/mol. The number of amides is 1. The fourth-order valence-corrected chi connectivity index (χ4v) is 2.81. The van der Waals surface area contributed by atoms with Crippen molar-refractivity contribution in [3.63, 3.8) is 0 Å². The molecule has 1 aliphatic rings. The molecule has 2 N–H and O–H groups in total. The quantitative estimate of drug-likeness (QED) is 0.845. The Labute approximate surface area is 124 Å². The molecule has 1 amide bonds. The number of methoxy groups -OCH3 is 3. The molecule has 0 aliphatic carbocycles. The Morgan fingerprint density at radius 1 is 1.29 bits per heavy atom. The van der Waals surface area contributed by atoms with Gasteiger partial charge in [0.1, 0.15) is 0 Å². The maximum absolute atomic E-state index is 12.1. The monoisotopic (exact) mass is 294 g/mol. The second-order valence-electron chi connectivity index (χ2n) is 4.98. The van der Waals surface area contributed by atoms with Gasteiger partial charge < -0.3 is 24.8 Å². The normalized spacial score (nSPS) is 21.7. The molecule has 0 spiro atoms. The number of carbonyl (C=O) groups excluding carboxylic acids is 1. The van der Waals surface area contributed by atoms with Gasteiger partial charge in [-0.15, -0.1) is 0 Å². The zero-order valence-corrected chi connectivity index (χ0v) is 12.7. The van der Waals surface area contributed by atoms with Crippen molar-refractivity contribution in [2.24, 2.45) is 5.73 Å². The third kappa shape index (κ3) is 2.96. The van der Waals surface area contributed by atoms with Crippen LogP contribution >= 0.6 is 0 Å². The van der Waals surface area contributed by atoms with Crippen LogP contribution in [0.15, 0.2) is 18.2 Å². The number of hydrogen-bond acceptors (Lipinski definition) is 5. The van der Waals surface area contributed by atoms with Crippen molar-refractivity contribution in [1.29, 1.82) is 0 Å². The van der Waals surface area contributed by atoms with E-state index in [1.54, 1.807) is 26.2 Å². The highest BCUT2D eigenvalue weighted by Crippen LogP contribution is 2.41. The van der Waals surface area contributed by atoms with Gasteiger partial charge in [-0.2, -0.15) is 0 Å². The van der Waals surface area contributed by atoms with E-state index >= 15 is 0 Å². The van der Waals surface area contributed by atoms with E-state index in [1.165, 1.54) is 0 Å². The summed E-state index contributed by atoms with van der Waals surface area (Å²) in [6.45, 7) is 0.981. The van der Waals surface area contributed by atoms with Crippen LogP contribution in [-0.4, -0.2) is 51.3 Å². The van der Waals surface area contributed by atoms with Gasteiger partial charge in [-0.1, -0.05) is 12.1 Å². The zero-order chi connectivity index (χ0) is 15.4. The molecule has 21 heavy (non-hydrogen) atoms. The maximum Gasteiger partial charge on any atom is 0.224 e. The van der Waals surface area contributed by atoms with E-state index in [1.807, 2.05) is 18.2 Å². The minimum atomic E-state index is -0.268. The minimum absolute atomic E-state index is 0.0365. The fourth-order valence-electron chi connectivity index (χ4n) is 2.81. The second-order valence-corrected chi connectivity index (χ2v) is 4.98. The first kappa shape index (κ1) is 15.6. The average molecular weight is 294 g/mol. The minimum Gasteiger partial charge on any atom is -0.493 e. The summed E-state index contributed by atoms with van der Waals surface area (Å²) in [6, 6.07) is 5.13. The van der Waals surface area contributed by atoms with Crippen LogP contribution in [0, 0.1) is 0 Å². The molecular formula is C15H22N2O4. The standard InChI is InChI=1S/C15H22N2O4/c1-19-8-7-17-13(18)9-11(16)14(17)10-5-4-6-12(20-2)15(10)21-3/h4-6,11,14H,7-9,16H2,1-3H3. The SMILES string of the molecule is COCCN1C(=O)CC(N)C1c1cccc(OC)c1OC. The van der Waals surface area contributed by atoms with Crippen LogP contribution in [0.1, 0.15) is 18.0 Å². The molecule has 1 fully saturated rings. The molecule has 6 heteroatoms. The molecule has 116 valence electrons. The average Bonchev–Trinajstić information content (AvgIpc) is 2.77. The summed E-state index contributed by atoms with van der Waals surface area (Å²) in [6.07, 6.45) is 0.328. The van der Waals surface area contributed by atoms with Crippen LogP contribution in [0.2, 0.25) is 0 Å². The molecule has 1 aromatic rings. The van der Waals surface area contributed by atoms with Gasteiger partial charge in [-0.3, -0.25) is 4.79 Å². The molecule has 6 nitrogen and oxygen atoms in total. The molecule has 0 aromatic heterocycles. The van der Waals surface area contributed by atoms with Crippen molar-refractivity contribution in [1.82, 2.24) is 4.90 Å². The lowest BCUT2D eigenvalue weighted by Gasteiger charge is -2.28. The van der Waals surface area contributed by atoms with Crippen LogP contribution in [0.4, 0.5) is 0 Å². The molecule has 0 bridgehead atoms. The Kier molecular flexibility index (Phi) is 5.03. The van der Waals surface area contributed by atoms with Crippen molar-refractivity contribution >= 4 is 5.91 Å². The number of likely N-dealkylation sites (tertiary alicyclic amines) is 1.